The molecule has 6 heteroatoms. The third-order valence-corrected chi connectivity index (χ3v) is 3.92. The van der Waals surface area contributed by atoms with E-state index in [2.05, 4.69) is 28.3 Å². The number of hydrogen-bond donors (Lipinski definition) is 1. The molecule has 24 heavy (non-hydrogen) atoms. The molecule has 3 rings (SSSR count). The van der Waals surface area contributed by atoms with Crippen molar-refractivity contribution in [2.24, 2.45) is 0 Å². The molecule has 1 N–H and O–H groups in total. The summed E-state index contributed by atoms with van der Waals surface area (Å²) in [5.74, 6) is -1.21. The van der Waals surface area contributed by atoms with Gasteiger partial charge in [0.15, 0.2) is 0 Å². The molecule has 0 aliphatic heterocycles. The van der Waals surface area contributed by atoms with Crippen molar-refractivity contribution in [3.8, 4) is 11.1 Å². The number of carbonyl (C=O) groups excluding carboxylic acids is 2. The number of benzene rings is 2. The van der Waals surface area contributed by atoms with E-state index in [0.717, 1.165) is 12.0 Å². The number of nitrogens with one attached hydrogen (secondary N) is 1. The van der Waals surface area contributed by atoms with Gasteiger partial charge >= 0.3 is 18.1 Å². The summed E-state index contributed by atoms with van der Waals surface area (Å²) in [5, 5.41) is 2.26. The highest BCUT2D eigenvalue weighted by atomic mass is 16.5. The molecule has 0 saturated carbocycles. The number of ether oxygens (including phenoxy) is 1. The topological polar surface area (TPSA) is 91.8 Å². The minimum absolute atomic E-state index is 0.153. The summed E-state index contributed by atoms with van der Waals surface area (Å²) in [6.07, 6.45) is 1.50. The highest BCUT2D eigenvalue weighted by molar-refractivity contribution is 6.24. The highest BCUT2D eigenvalue weighted by Gasteiger charge is 2.20. The average molecular weight is 321 g/mol. The number of esters is 1. The summed E-state index contributed by atoms with van der Waals surface area (Å²) in [6.45, 7) is -0.125. The molecule has 0 heterocycles. The normalized spacial score (nSPS) is 11.0. The van der Waals surface area contributed by atoms with Gasteiger partial charge in [-0.05, 0) is 34.2 Å². The van der Waals surface area contributed by atoms with Gasteiger partial charge in [0.25, 0.3) is 0 Å². The summed E-state index contributed by atoms with van der Waals surface area (Å²) < 4.78 is 5.22. The molecule has 6 nitrogen and oxygen atoms in total. The molecular formula is C18H15N3O3. The fraction of sp³-hybridized carbons (Fsp3) is 0.167. The van der Waals surface area contributed by atoms with Gasteiger partial charge in [-0.3, -0.25) is 9.59 Å². The first-order chi connectivity index (χ1) is 11.7. The average Bonchev–Trinajstić information content (AvgIpc) is 2.98. The van der Waals surface area contributed by atoms with Gasteiger partial charge in [-0.25, -0.2) is 0 Å². The quantitative estimate of drug-likeness (QED) is 0.336. The summed E-state index contributed by atoms with van der Waals surface area (Å²) in [4.78, 5) is 25.3. The molecule has 2 aromatic rings. The Kier molecular flexibility index (Phi) is 4.50. The third kappa shape index (κ3) is 3.24. The highest BCUT2D eigenvalue weighted by Crippen LogP contribution is 2.38. The van der Waals surface area contributed by atoms with Crippen molar-refractivity contribution in [1.29, 1.82) is 0 Å². The van der Waals surface area contributed by atoms with Crippen LogP contribution in [0.25, 0.3) is 16.7 Å². The number of nitrogens with zero attached hydrogens (tertiary/aromatic N) is 2. The van der Waals surface area contributed by atoms with Crippen molar-refractivity contribution in [2.45, 2.75) is 13.0 Å². The molecule has 0 unspecified atom stereocenters. The lowest BCUT2D eigenvalue weighted by molar-refractivity contribution is -0.144. The van der Waals surface area contributed by atoms with Gasteiger partial charge in [0.05, 0.1) is 0 Å². The first-order valence-corrected chi connectivity index (χ1v) is 7.49. The zero-order valence-corrected chi connectivity index (χ0v) is 12.9. The monoisotopic (exact) mass is 321 g/mol. The smallest absolute Gasteiger partial charge is 0.344 e. The molecule has 1 aliphatic rings. The van der Waals surface area contributed by atoms with Gasteiger partial charge in [0.1, 0.15) is 13.2 Å². The Balaban J connectivity index is 1.65. The molecule has 0 bridgehead atoms. The lowest BCUT2D eigenvalue weighted by Gasteiger charge is -2.09. The van der Waals surface area contributed by atoms with Crippen LogP contribution < -0.4 is 5.32 Å². The minimum atomic E-state index is -0.662. The van der Waals surface area contributed by atoms with Crippen LogP contribution in [-0.4, -0.2) is 29.4 Å². The van der Waals surface area contributed by atoms with E-state index in [1.165, 1.54) is 22.3 Å². The van der Waals surface area contributed by atoms with E-state index in [1.807, 2.05) is 24.3 Å². The minimum Gasteiger partial charge on any atom is -0.459 e. The fourth-order valence-electron chi connectivity index (χ4n) is 2.83. The van der Waals surface area contributed by atoms with Crippen molar-refractivity contribution in [2.75, 3.05) is 6.54 Å². The molecule has 0 radical (unpaired) electrons. The van der Waals surface area contributed by atoms with Crippen molar-refractivity contribution in [3.63, 3.8) is 0 Å². The molecule has 2 aromatic carbocycles. The summed E-state index contributed by atoms with van der Waals surface area (Å²) in [5.41, 5.74) is 14.0. The van der Waals surface area contributed by atoms with Crippen LogP contribution in [-0.2, 0) is 27.4 Å². The van der Waals surface area contributed by atoms with Crippen molar-refractivity contribution in [3.05, 3.63) is 64.7 Å². The van der Waals surface area contributed by atoms with Crippen LogP contribution in [0, 0.1) is 0 Å². The van der Waals surface area contributed by atoms with E-state index in [4.69, 9.17) is 10.3 Å². The van der Waals surface area contributed by atoms with Crippen molar-refractivity contribution < 1.29 is 19.1 Å². The Morgan fingerprint density at radius 3 is 2.79 bits per heavy atom. The summed E-state index contributed by atoms with van der Waals surface area (Å²) in [6, 6.07) is 14.2. The molecule has 0 spiro atoms. The van der Waals surface area contributed by atoms with Crippen LogP contribution in [0.15, 0.2) is 42.5 Å². The zero-order chi connectivity index (χ0) is 16.9. The fourth-order valence-corrected chi connectivity index (χ4v) is 2.83. The second-order valence-corrected chi connectivity index (χ2v) is 5.40. The van der Waals surface area contributed by atoms with Gasteiger partial charge in [-0.1, -0.05) is 42.5 Å². The first-order valence-electron chi connectivity index (χ1n) is 7.49. The van der Waals surface area contributed by atoms with Crippen molar-refractivity contribution in [1.82, 2.24) is 5.32 Å². The van der Waals surface area contributed by atoms with Crippen LogP contribution in [0.3, 0.4) is 0 Å². The number of amides is 1. The number of fused-ring (bicyclic) bond motifs is 3. The van der Waals surface area contributed by atoms with Crippen LogP contribution in [0.5, 0.6) is 0 Å². The number of carbonyl (C=O) groups is 2. The van der Waals surface area contributed by atoms with E-state index in [-0.39, 0.29) is 13.2 Å². The second kappa shape index (κ2) is 6.89. The molecule has 0 atom stereocenters. The van der Waals surface area contributed by atoms with E-state index in [1.54, 1.807) is 0 Å². The van der Waals surface area contributed by atoms with Crippen LogP contribution in [0.4, 0.5) is 0 Å². The van der Waals surface area contributed by atoms with Crippen LogP contribution in [0.1, 0.15) is 16.7 Å². The van der Waals surface area contributed by atoms with Gasteiger partial charge in [-0.15, -0.1) is 0 Å². The molecule has 0 saturated heterocycles. The maximum Gasteiger partial charge on any atom is 0.344 e. The molecular weight excluding hydrogens is 306 g/mol. The second-order valence-electron chi connectivity index (χ2n) is 5.40. The third-order valence-electron chi connectivity index (χ3n) is 3.92. The maximum absolute atomic E-state index is 11.7. The Hall–Kier alpha value is -3.24. The summed E-state index contributed by atoms with van der Waals surface area (Å²) in [7, 11) is 0. The zero-order valence-electron chi connectivity index (χ0n) is 12.9. The number of hydrogen-bond acceptors (Lipinski definition) is 3. The van der Waals surface area contributed by atoms with Gasteiger partial charge in [0, 0.05) is 0 Å². The Morgan fingerprint density at radius 1 is 1.17 bits per heavy atom. The molecule has 0 fully saturated rings. The first kappa shape index (κ1) is 15.6. The summed E-state index contributed by atoms with van der Waals surface area (Å²) >= 11 is 0. The Labute approximate surface area is 138 Å². The van der Waals surface area contributed by atoms with Gasteiger partial charge in [-0.2, -0.15) is 4.79 Å². The van der Waals surface area contributed by atoms with Gasteiger partial charge in [0.2, 0.25) is 0 Å². The van der Waals surface area contributed by atoms with E-state index in [9.17, 15) is 9.59 Å². The van der Waals surface area contributed by atoms with Crippen molar-refractivity contribution >= 4 is 18.1 Å². The molecule has 0 aromatic heterocycles. The predicted molar refractivity (Wildman–Crippen MR) is 87.2 cm³/mol. The Morgan fingerprint density at radius 2 is 1.96 bits per heavy atom. The Bertz CT molecular complexity index is 854. The van der Waals surface area contributed by atoms with E-state index >= 15 is 0 Å². The number of rotatable bonds is 5. The van der Waals surface area contributed by atoms with Crippen LogP contribution in [0.2, 0.25) is 0 Å². The molecule has 120 valence electrons. The van der Waals surface area contributed by atoms with Crippen LogP contribution >= 0.6 is 0 Å². The standard InChI is InChI=1S/C18H15N3O3/c19-21-9-17(22)20-10-18(23)24-11-13-5-3-7-15-14-6-2-1-4-12(14)8-16(13)15/h1-7,9H,8,10-11H2,(H,20,22). The lowest BCUT2D eigenvalue weighted by atomic mass is 10.0. The SMILES string of the molecule is [N-]=[N+]=CC(=O)NCC(=O)OCc1cccc2c1Cc1ccccc1-2. The van der Waals surface area contributed by atoms with E-state index < -0.39 is 11.9 Å². The molecule has 1 aliphatic carbocycles. The molecule has 1 amide bonds. The predicted octanol–water partition coefficient (Wildman–Crippen LogP) is 1.72. The largest absolute Gasteiger partial charge is 0.459 e. The van der Waals surface area contributed by atoms with E-state index in [0.29, 0.717) is 6.21 Å². The lowest BCUT2D eigenvalue weighted by Crippen LogP contribution is -2.31. The maximum atomic E-state index is 11.7. The van der Waals surface area contributed by atoms with Gasteiger partial charge < -0.3 is 15.6 Å².